The first-order chi connectivity index (χ1) is 8.18. The van der Waals surface area contributed by atoms with E-state index in [0.29, 0.717) is 6.04 Å². The lowest BCUT2D eigenvalue weighted by Crippen LogP contribution is -2.30. The Morgan fingerprint density at radius 2 is 2.06 bits per heavy atom. The summed E-state index contributed by atoms with van der Waals surface area (Å²) in [4.78, 5) is 2.46. The maximum Gasteiger partial charge on any atom is 0.0454 e. The maximum atomic E-state index is 6.25. The summed E-state index contributed by atoms with van der Waals surface area (Å²) in [6.07, 6.45) is 1.18. The van der Waals surface area contributed by atoms with E-state index < -0.39 is 0 Å². The largest absolute Gasteiger partial charge is 0.315 e. The number of benzene rings is 1. The van der Waals surface area contributed by atoms with Crippen LogP contribution in [0.4, 0.5) is 0 Å². The second-order valence-electron chi connectivity index (χ2n) is 4.48. The Hall–Kier alpha value is -0.280. The Balaban J connectivity index is 2.16. The van der Waals surface area contributed by atoms with Crippen LogP contribution in [0, 0.1) is 0 Å². The highest BCUT2D eigenvalue weighted by Crippen LogP contribution is 2.30. The molecule has 1 atom stereocenters. The fraction of sp³-hybridized carbons (Fsp3) is 0.538. The van der Waals surface area contributed by atoms with Crippen LogP contribution in [0.25, 0.3) is 0 Å². The number of halogens is 2. The van der Waals surface area contributed by atoms with Crippen LogP contribution in [-0.4, -0.2) is 31.1 Å². The van der Waals surface area contributed by atoms with Gasteiger partial charge in [-0.05, 0) is 50.2 Å². The summed E-state index contributed by atoms with van der Waals surface area (Å²) in [6, 6.07) is 6.02. The quantitative estimate of drug-likeness (QED) is 0.889. The molecule has 0 spiro atoms. The highest BCUT2D eigenvalue weighted by atomic mass is 35.5. The molecular weight excluding hydrogens is 255 g/mol. The van der Waals surface area contributed by atoms with Gasteiger partial charge in [0.25, 0.3) is 0 Å². The van der Waals surface area contributed by atoms with Crippen LogP contribution in [0.3, 0.4) is 0 Å². The molecule has 94 valence electrons. The molecule has 0 aliphatic carbocycles. The van der Waals surface area contributed by atoms with Gasteiger partial charge in [-0.3, -0.25) is 4.90 Å². The standard InChI is InChI=1S/C13H18Cl2N2/c1-10(17-7-2-5-16-6-8-17)12-9-11(14)3-4-13(12)15/h3-4,9-10,16H,2,5-8H2,1H3. The van der Waals surface area contributed by atoms with Gasteiger partial charge in [-0.2, -0.15) is 0 Å². The van der Waals surface area contributed by atoms with Crippen molar-refractivity contribution in [2.75, 3.05) is 26.2 Å². The minimum absolute atomic E-state index is 0.320. The van der Waals surface area contributed by atoms with Gasteiger partial charge >= 0.3 is 0 Å². The summed E-state index contributed by atoms with van der Waals surface area (Å²) in [5, 5.41) is 4.97. The van der Waals surface area contributed by atoms with Crippen molar-refractivity contribution in [3.05, 3.63) is 33.8 Å². The van der Waals surface area contributed by atoms with Gasteiger partial charge in [0.15, 0.2) is 0 Å². The van der Waals surface area contributed by atoms with E-state index in [4.69, 9.17) is 23.2 Å². The molecule has 0 saturated carbocycles. The van der Waals surface area contributed by atoms with Gasteiger partial charge in [-0.25, -0.2) is 0 Å². The zero-order chi connectivity index (χ0) is 12.3. The second-order valence-corrected chi connectivity index (χ2v) is 5.32. The molecule has 0 aromatic heterocycles. The molecule has 1 aliphatic rings. The molecule has 2 rings (SSSR count). The zero-order valence-electron chi connectivity index (χ0n) is 10.0. The van der Waals surface area contributed by atoms with Gasteiger partial charge in [0, 0.05) is 29.2 Å². The number of hydrogen-bond donors (Lipinski definition) is 1. The van der Waals surface area contributed by atoms with Gasteiger partial charge in [0.2, 0.25) is 0 Å². The van der Waals surface area contributed by atoms with Crippen LogP contribution in [0.15, 0.2) is 18.2 Å². The second kappa shape index (κ2) is 6.05. The summed E-state index contributed by atoms with van der Waals surface area (Å²) >= 11 is 12.3. The minimum Gasteiger partial charge on any atom is -0.315 e. The van der Waals surface area contributed by atoms with Crippen LogP contribution >= 0.6 is 23.2 Å². The van der Waals surface area contributed by atoms with Crippen LogP contribution in [0.1, 0.15) is 24.9 Å². The van der Waals surface area contributed by atoms with E-state index >= 15 is 0 Å². The van der Waals surface area contributed by atoms with Gasteiger partial charge in [-0.1, -0.05) is 23.2 Å². The topological polar surface area (TPSA) is 15.3 Å². The van der Waals surface area contributed by atoms with Crippen molar-refractivity contribution >= 4 is 23.2 Å². The number of rotatable bonds is 2. The number of nitrogens with zero attached hydrogens (tertiary/aromatic N) is 1. The monoisotopic (exact) mass is 272 g/mol. The average Bonchev–Trinajstić information content (AvgIpc) is 2.60. The Bertz CT molecular complexity index is 374. The first-order valence-electron chi connectivity index (χ1n) is 6.08. The predicted octanol–water partition coefficient (Wildman–Crippen LogP) is 3.35. The fourth-order valence-corrected chi connectivity index (χ4v) is 2.74. The Morgan fingerprint density at radius 3 is 2.88 bits per heavy atom. The third-order valence-corrected chi connectivity index (χ3v) is 3.91. The SMILES string of the molecule is CC(c1cc(Cl)ccc1Cl)N1CCCNCC1. The van der Waals surface area contributed by atoms with Crippen molar-refractivity contribution < 1.29 is 0 Å². The molecule has 0 amide bonds. The van der Waals surface area contributed by atoms with E-state index in [1.165, 1.54) is 6.42 Å². The van der Waals surface area contributed by atoms with Crippen LogP contribution in [0.5, 0.6) is 0 Å². The van der Waals surface area contributed by atoms with Gasteiger partial charge in [0.05, 0.1) is 0 Å². The molecule has 1 aromatic rings. The number of nitrogens with one attached hydrogen (secondary N) is 1. The summed E-state index contributed by atoms with van der Waals surface area (Å²) in [5.41, 5.74) is 1.13. The molecule has 1 N–H and O–H groups in total. The Kier molecular flexibility index (Phi) is 4.69. The first-order valence-corrected chi connectivity index (χ1v) is 6.84. The zero-order valence-corrected chi connectivity index (χ0v) is 11.6. The van der Waals surface area contributed by atoms with E-state index in [0.717, 1.165) is 41.8 Å². The third kappa shape index (κ3) is 3.35. The van der Waals surface area contributed by atoms with Crippen LogP contribution in [-0.2, 0) is 0 Å². The third-order valence-electron chi connectivity index (χ3n) is 3.33. The van der Waals surface area contributed by atoms with E-state index in [-0.39, 0.29) is 0 Å². The van der Waals surface area contributed by atoms with Gasteiger partial charge < -0.3 is 5.32 Å². The molecule has 1 unspecified atom stereocenters. The summed E-state index contributed by atoms with van der Waals surface area (Å²) in [5.74, 6) is 0. The van der Waals surface area contributed by atoms with Crippen molar-refractivity contribution in [3.8, 4) is 0 Å². The molecule has 4 heteroatoms. The van der Waals surface area contributed by atoms with Crippen molar-refractivity contribution in [2.24, 2.45) is 0 Å². The molecule has 0 radical (unpaired) electrons. The van der Waals surface area contributed by atoms with E-state index in [2.05, 4.69) is 17.1 Å². The Labute approximate surface area is 113 Å². The van der Waals surface area contributed by atoms with E-state index in [1.807, 2.05) is 18.2 Å². The fourth-order valence-electron chi connectivity index (χ4n) is 2.29. The first kappa shape index (κ1) is 13.2. The lowest BCUT2D eigenvalue weighted by molar-refractivity contribution is 0.225. The molecule has 1 heterocycles. The van der Waals surface area contributed by atoms with E-state index in [9.17, 15) is 0 Å². The van der Waals surface area contributed by atoms with Crippen molar-refractivity contribution in [1.82, 2.24) is 10.2 Å². The predicted molar refractivity (Wildman–Crippen MR) is 73.9 cm³/mol. The molecule has 2 nitrogen and oxygen atoms in total. The van der Waals surface area contributed by atoms with Crippen LogP contribution < -0.4 is 5.32 Å². The van der Waals surface area contributed by atoms with Gasteiger partial charge in [0.1, 0.15) is 0 Å². The number of hydrogen-bond acceptors (Lipinski definition) is 2. The van der Waals surface area contributed by atoms with Crippen molar-refractivity contribution in [1.29, 1.82) is 0 Å². The molecule has 1 saturated heterocycles. The maximum absolute atomic E-state index is 6.25. The molecule has 17 heavy (non-hydrogen) atoms. The summed E-state index contributed by atoms with van der Waals surface area (Å²) in [7, 11) is 0. The molecular formula is C13H18Cl2N2. The lowest BCUT2D eigenvalue weighted by Gasteiger charge is -2.28. The molecule has 1 fully saturated rings. The minimum atomic E-state index is 0.320. The molecule has 0 bridgehead atoms. The average molecular weight is 273 g/mol. The molecule has 1 aromatic carbocycles. The highest BCUT2D eigenvalue weighted by molar-refractivity contribution is 6.33. The van der Waals surface area contributed by atoms with Crippen molar-refractivity contribution in [3.63, 3.8) is 0 Å². The normalized spacial score (nSPS) is 19.9. The Morgan fingerprint density at radius 1 is 1.24 bits per heavy atom. The van der Waals surface area contributed by atoms with Crippen LogP contribution in [0.2, 0.25) is 10.0 Å². The lowest BCUT2D eigenvalue weighted by atomic mass is 10.1. The smallest absolute Gasteiger partial charge is 0.0454 e. The summed E-state index contributed by atoms with van der Waals surface area (Å²) < 4.78 is 0. The van der Waals surface area contributed by atoms with E-state index in [1.54, 1.807) is 0 Å². The highest BCUT2D eigenvalue weighted by Gasteiger charge is 2.19. The summed E-state index contributed by atoms with van der Waals surface area (Å²) in [6.45, 7) is 6.51. The molecule has 1 aliphatic heterocycles. The van der Waals surface area contributed by atoms with Crippen molar-refractivity contribution in [2.45, 2.75) is 19.4 Å². The van der Waals surface area contributed by atoms with Gasteiger partial charge in [-0.15, -0.1) is 0 Å².